The van der Waals surface area contributed by atoms with Crippen LogP contribution < -0.4 is 21.5 Å². The molecule has 1 amide bonds. The molecular weight excluding hydrogens is 382 g/mol. The fourth-order valence-electron chi connectivity index (χ4n) is 4.82. The maximum atomic E-state index is 12.8. The minimum absolute atomic E-state index is 0.0750. The Morgan fingerprint density at radius 1 is 1.17 bits per heavy atom. The lowest BCUT2D eigenvalue weighted by Crippen LogP contribution is -2.48. The predicted molar refractivity (Wildman–Crippen MR) is 119 cm³/mol. The van der Waals surface area contributed by atoms with Gasteiger partial charge in [-0.25, -0.2) is 4.79 Å². The van der Waals surface area contributed by atoms with Crippen molar-refractivity contribution >= 4 is 11.7 Å². The first-order valence-corrected chi connectivity index (χ1v) is 11.5. The van der Waals surface area contributed by atoms with Gasteiger partial charge in [0.05, 0.1) is 5.92 Å². The third kappa shape index (κ3) is 5.14. The number of rotatable bonds is 7. The summed E-state index contributed by atoms with van der Waals surface area (Å²) in [6.45, 7) is 5.21. The second kappa shape index (κ2) is 10.3. The van der Waals surface area contributed by atoms with Crippen molar-refractivity contribution in [3.05, 3.63) is 26.9 Å². The van der Waals surface area contributed by atoms with E-state index in [1.54, 1.807) is 4.57 Å². The number of carbonyl (C=O) groups excluding carboxylic acids is 1. The van der Waals surface area contributed by atoms with Gasteiger partial charge in [-0.05, 0) is 39.7 Å². The Kier molecular flexibility index (Phi) is 7.75. The molecule has 1 aromatic heterocycles. The number of nitrogens with zero attached hydrogens (tertiary/aromatic N) is 4. The van der Waals surface area contributed by atoms with Gasteiger partial charge in [0.25, 0.3) is 5.56 Å². The molecule has 168 valence electrons. The number of carbonyl (C=O) groups is 1. The van der Waals surface area contributed by atoms with Crippen LogP contribution in [0.25, 0.3) is 0 Å². The van der Waals surface area contributed by atoms with Crippen LogP contribution in [0.1, 0.15) is 51.9 Å². The highest BCUT2D eigenvalue weighted by atomic mass is 16.2. The lowest BCUT2D eigenvalue weighted by Gasteiger charge is -2.35. The van der Waals surface area contributed by atoms with Gasteiger partial charge in [0.2, 0.25) is 5.91 Å². The number of aromatic nitrogens is 2. The van der Waals surface area contributed by atoms with Crippen LogP contribution in [0.4, 0.5) is 5.82 Å². The quantitative estimate of drug-likeness (QED) is 0.718. The minimum atomic E-state index is -0.308. The molecule has 0 radical (unpaired) electrons. The summed E-state index contributed by atoms with van der Waals surface area (Å²) >= 11 is 0. The Balaban J connectivity index is 1.57. The van der Waals surface area contributed by atoms with Crippen molar-refractivity contribution < 1.29 is 4.79 Å². The highest BCUT2D eigenvalue weighted by molar-refractivity contribution is 5.79. The van der Waals surface area contributed by atoms with Crippen LogP contribution in [0.5, 0.6) is 0 Å². The zero-order valence-corrected chi connectivity index (χ0v) is 18.7. The maximum absolute atomic E-state index is 12.8. The summed E-state index contributed by atoms with van der Waals surface area (Å²) < 4.78 is 2.74. The van der Waals surface area contributed by atoms with E-state index in [9.17, 15) is 14.4 Å². The number of hydrogen-bond donors (Lipinski definition) is 1. The molecule has 8 heteroatoms. The molecule has 2 heterocycles. The van der Waals surface area contributed by atoms with Gasteiger partial charge in [-0.15, -0.1) is 0 Å². The zero-order valence-electron chi connectivity index (χ0n) is 18.7. The third-order valence-corrected chi connectivity index (χ3v) is 6.77. The Bertz CT molecular complexity index is 840. The molecule has 0 bridgehead atoms. The lowest BCUT2D eigenvalue weighted by atomic mass is 9.94. The summed E-state index contributed by atoms with van der Waals surface area (Å²) in [5.74, 6) is 0.578. The summed E-state index contributed by atoms with van der Waals surface area (Å²) in [6.07, 6.45) is 8.19. The number of likely N-dealkylation sites (N-methyl/N-ethyl adjacent to an activating group) is 1. The molecule has 1 N–H and O–H groups in total. The highest BCUT2D eigenvalue weighted by Gasteiger charge is 2.28. The van der Waals surface area contributed by atoms with E-state index in [4.69, 9.17) is 0 Å². The Hall–Kier alpha value is -2.09. The zero-order chi connectivity index (χ0) is 21.7. The molecule has 30 heavy (non-hydrogen) atoms. The van der Waals surface area contributed by atoms with Gasteiger partial charge in [0.15, 0.2) is 0 Å². The summed E-state index contributed by atoms with van der Waals surface area (Å²) in [4.78, 5) is 41.8. The lowest BCUT2D eigenvalue weighted by molar-refractivity contribution is -0.125. The standard InChI is InChI=1S/C22H37N5O3/c1-4-27-19(15-20(28)25(3)22(27)30)26-13-8-9-17(16-26)21(29)23-12-14-24(2)18-10-6-5-7-11-18/h15,17-18H,4-14,16H2,1-3H3,(H,23,29). The second-order valence-electron chi connectivity index (χ2n) is 8.78. The predicted octanol–water partition coefficient (Wildman–Crippen LogP) is 1.16. The van der Waals surface area contributed by atoms with Crippen molar-refractivity contribution in [2.45, 2.75) is 64.5 Å². The Morgan fingerprint density at radius 3 is 2.60 bits per heavy atom. The molecule has 1 aliphatic carbocycles. The summed E-state index contributed by atoms with van der Waals surface area (Å²) in [5.41, 5.74) is -0.616. The molecule has 1 aromatic rings. The molecular formula is C22H37N5O3. The summed E-state index contributed by atoms with van der Waals surface area (Å²) in [7, 11) is 3.65. The topological polar surface area (TPSA) is 79.6 Å². The van der Waals surface area contributed by atoms with Crippen molar-refractivity contribution in [3.63, 3.8) is 0 Å². The third-order valence-electron chi connectivity index (χ3n) is 6.77. The fraction of sp³-hybridized carbons (Fsp3) is 0.773. The van der Waals surface area contributed by atoms with Gasteiger partial charge < -0.3 is 15.1 Å². The average molecular weight is 420 g/mol. The first-order chi connectivity index (χ1) is 14.4. The van der Waals surface area contributed by atoms with Crippen molar-refractivity contribution in [3.8, 4) is 0 Å². The van der Waals surface area contributed by atoms with Gasteiger partial charge in [-0.1, -0.05) is 19.3 Å². The number of nitrogens with one attached hydrogen (secondary N) is 1. The van der Waals surface area contributed by atoms with Crippen LogP contribution in [-0.4, -0.2) is 59.2 Å². The van der Waals surface area contributed by atoms with Crippen LogP contribution in [0, 0.1) is 5.92 Å². The van der Waals surface area contributed by atoms with Gasteiger partial charge >= 0.3 is 5.69 Å². The molecule has 2 aliphatic rings. The molecule has 3 rings (SSSR count). The average Bonchev–Trinajstić information content (AvgIpc) is 2.77. The maximum Gasteiger partial charge on any atom is 0.332 e. The van der Waals surface area contributed by atoms with E-state index in [2.05, 4.69) is 17.3 Å². The molecule has 0 spiro atoms. The number of hydrogen-bond acceptors (Lipinski definition) is 5. The van der Waals surface area contributed by atoms with Crippen LogP contribution >= 0.6 is 0 Å². The minimum Gasteiger partial charge on any atom is -0.357 e. The number of piperidine rings is 1. The van der Waals surface area contributed by atoms with Crippen molar-refractivity contribution in [1.29, 1.82) is 0 Å². The largest absolute Gasteiger partial charge is 0.357 e. The van der Waals surface area contributed by atoms with Gasteiger partial charge in [0, 0.05) is 51.9 Å². The summed E-state index contributed by atoms with van der Waals surface area (Å²) in [6, 6.07) is 2.16. The molecule has 1 saturated carbocycles. The van der Waals surface area contributed by atoms with Crippen molar-refractivity contribution in [1.82, 2.24) is 19.4 Å². The Labute approximate surface area is 178 Å². The van der Waals surface area contributed by atoms with E-state index in [0.29, 0.717) is 31.5 Å². The molecule has 8 nitrogen and oxygen atoms in total. The van der Waals surface area contributed by atoms with Gasteiger partial charge in [-0.2, -0.15) is 0 Å². The molecule has 1 saturated heterocycles. The van der Waals surface area contributed by atoms with Crippen LogP contribution in [-0.2, 0) is 18.4 Å². The number of anilines is 1. The second-order valence-corrected chi connectivity index (χ2v) is 8.78. The van der Waals surface area contributed by atoms with Gasteiger partial charge in [0.1, 0.15) is 5.82 Å². The SMILES string of the molecule is CCn1c(N2CCCC(C(=O)NCCN(C)C3CCCCC3)C2)cc(=O)n(C)c1=O. The van der Waals surface area contributed by atoms with Crippen LogP contribution in [0.2, 0.25) is 0 Å². The van der Waals surface area contributed by atoms with Gasteiger partial charge in [-0.3, -0.25) is 18.7 Å². The van der Waals surface area contributed by atoms with E-state index in [-0.39, 0.29) is 23.1 Å². The highest BCUT2D eigenvalue weighted by Crippen LogP contribution is 2.23. The molecule has 0 aromatic carbocycles. The summed E-state index contributed by atoms with van der Waals surface area (Å²) in [5, 5.41) is 3.11. The smallest absolute Gasteiger partial charge is 0.332 e. The Morgan fingerprint density at radius 2 is 1.90 bits per heavy atom. The monoisotopic (exact) mass is 419 g/mol. The van der Waals surface area contributed by atoms with Crippen LogP contribution in [0.15, 0.2) is 15.7 Å². The van der Waals surface area contributed by atoms with Crippen molar-refractivity contribution in [2.75, 3.05) is 38.1 Å². The van der Waals surface area contributed by atoms with E-state index >= 15 is 0 Å². The molecule has 2 fully saturated rings. The van der Waals surface area contributed by atoms with E-state index in [1.165, 1.54) is 45.2 Å². The normalized spacial score (nSPS) is 20.5. The van der Waals surface area contributed by atoms with Crippen LogP contribution in [0.3, 0.4) is 0 Å². The number of amides is 1. The molecule has 1 aliphatic heterocycles. The van der Waals surface area contributed by atoms with Crippen molar-refractivity contribution in [2.24, 2.45) is 13.0 Å². The fourth-order valence-corrected chi connectivity index (χ4v) is 4.82. The van der Waals surface area contributed by atoms with E-state index < -0.39 is 0 Å². The molecule has 1 atom stereocenters. The molecule has 1 unspecified atom stereocenters. The van der Waals surface area contributed by atoms with E-state index in [0.717, 1.165) is 30.5 Å². The van der Waals surface area contributed by atoms with E-state index in [1.807, 2.05) is 11.8 Å². The first kappa shape index (κ1) is 22.6. The first-order valence-electron chi connectivity index (χ1n) is 11.5.